The molecule has 15 heteroatoms. The van der Waals surface area contributed by atoms with Crippen molar-refractivity contribution < 1.29 is 36.6 Å². The number of aliphatic carboxylic acids is 1. The molecule has 0 saturated carbocycles. The second kappa shape index (κ2) is 8.65. The van der Waals surface area contributed by atoms with E-state index in [1.54, 1.807) is 4.90 Å². The van der Waals surface area contributed by atoms with Crippen molar-refractivity contribution in [2.24, 2.45) is 0 Å². The van der Waals surface area contributed by atoms with Gasteiger partial charge in [0.1, 0.15) is 11.6 Å². The summed E-state index contributed by atoms with van der Waals surface area (Å²) in [5.74, 6) is -1.24. The van der Waals surface area contributed by atoms with E-state index in [0.717, 1.165) is 16.4 Å². The minimum Gasteiger partial charge on any atom is -0.480 e. The summed E-state index contributed by atoms with van der Waals surface area (Å²) in [7, 11) is -4.38. The lowest BCUT2D eigenvalue weighted by molar-refractivity contribution is -0.141. The highest BCUT2D eigenvalue weighted by Crippen LogP contribution is 2.33. The maximum atomic E-state index is 13.1. The number of carbonyl (C=O) groups is 1. The molecule has 1 aromatic carbocycles. The number of hydrogen-bond donors (Lipinski definition) is 2. The average Bonchev–Trinajstić information content (AvgIpc) is 3.21. The Morgan fingerprint density at radius 3 is 2.37 bits per heavy atom. The summed E-state index contributed by atoms with van der Waals surface area (Å²) >= 11 is 1.19. The first-order valence-electron chi connectivity index (χ1n) is 10.2. The summed E-state index contributed by atoms with van der Waals surface area (Å²) in [6.45, 7) is 2.68. The van der Waals surface area contributed by atoms with Gasteiger partial charge in [-0.25, -0.2) is 18.4 Å². The van der Waals surface area contributed by atoms with Crippen LogP contribution >= 0.6 is 11.3 Å². The van der Waals surface area contributed by atoms with Crippen molar-refractivity contribution in [2.45, 2.75) is 36.6 Å². The molecule has 0 bridgehead atoms. The van der Waals surface area contributed by atoms with Crippen molar-refractivity contribution in [1.82, 2.24) is 19.3 Å². The van der Waals surface area contributed by atoms with Gasteiger partial charge in [0.2, 0.25) is 10.0 Å². The van der Waals surface area contributed by atoms with E-state index in [1.807, 2.05) is 0 Å². The van der Waals surface area contributed by atoms with Crippen LogP contribution in [0, 0.1) is 0 Å². The summed E-state index contributed by atoms with van der Waals surface area (Å²) in [4.78, 5) is 25.9. The van der Waals surface area contributed by atoms with E-state index in [-0.39, 0.29) is 25.5 Å². The average molecular weight is 532 g/mol. The number of rotatable bonds is 5. The Labute approximate surface area is 201 Å². The molecule has 0 amide bonds. The molecule has 0 unspecified atom stereocenters. The first-order valence-corrected chi connectivity index (χ1v) is 12.5. The van der Waals surface area contributed by atoms with Crippen molar-refractivity contribution in [3.05, 3.63) is 41.9 Å². The topological polar surface area (TPSA) is 137 Å². The van der Waals surface area contributed by atoms with Crippen LogP contribution < -0.4 is 4.90 Å². The van der Waals surface area contributed by atoms with Crippen molar-refractivity contribution in [2.75, 3.05) is 24.5 Å². The first-order chi connectivity index (χ1) is 16.2. The molecule has 0 aliphatic carbocycles. The molecule has 188 valence electrons. The number of hydrogen-bond acceptors (Lipinski definition) is 9. The number of nitrogens with zero attached hydrogens (tertiary/aromatic N) is 5. The van der Waals surface area contributed by atoms with Crippen LogP contribution in [0.15, 0.2) is 35.4 Å². The van der Waals surface area contributed by atoms with Crippen LogP contribution in [-0.4, -0.2) is 69.5 Å². The Balaban J connectivity index is 1.60. The number of aliphatic hydroxyl groups is 1. The number of sulfonamides is 1. The molecule has 4 rings (SSSR count). The molecule has 1 atom stereocenters. The van der Waals surface area contributed by atoms with E-state index in [0.29, 0.717) is 27.6 Å². The molecule has 35 heavy (non-hydrogen) atoms. The highest BCUT2D eigenvalue weighted by atomic mass is 32.2. The fourth-order valence-corrected chi connectivity index (χ4v) is 6.01. The summed E-state index contributed by atoms with van der Waals surface area (Å²) in [5, 5.41) is 20.3. The zero-order chi connectivity index (χ0) is 25.8. The van der Waals surface area contributed by atoms with Crippen LogP contribution in [0.5, 0.6) is 0 Å². The van der Waals surface area contributed by atoms with E-state index in [9.17, 15) is 36.6 Å². The van der Waals surface area contributed by atoms with E-state index in [2.05, 4.69) is 15.0 Å². The zero-order valence-electron chi connectivity index (χ0n) is 18.4. The molecule has 0 radical (unpaired) electrons. The van der Waals surface area contributed by atoms with Gasteiger partial charge in [0.25, 0.3) is 0 Å². The third-order valence-corrected chi connectivity index (χ3v) is 8.32. The molecule has 1 fully saturated rings. The van der Waals surface area contributed by atoms with Crippen LogP contribution in [0.3, 0.4) is 0 Å². The van der Waals surface area contributed by atoms with Gasteiger partial charge in [0.05, 0.1) is 21.4 Å². The van der Waals surface area contributed by atoms with Gasteiger partial charge in [0, 0.05) is 19.6 Å². The Bertz CT molecular complexity index is 1370. The molecule has 0 spiro atoms. The van der Waals surface area contributed by atoms with Gasteiger partial charge in [0.15, 0.2) is 16.6 Å². The lowest BCUT2D eigenvalue weighted by atomic mass is 10.1. The van der Waals surface area contributed by atoms with Crippen LogP contribution in [-0.2, 0) is 26.6 Å². The number of halogens is 3. The van der Waals surface area contributed by atoms with E-state index >= 15 is 0 Å². The number of anilines is 1. The Hall–Kier alpha value is -2.88. The predicted octanol–water partition coefficient (Wildman–Crippen LogP) is 2.30. The molecule has 3 heterocycles. The van der Waals surface area contributed by atoms with E-state index < -0.39 is 44.3 Å². The maximum Gasteiger partial charge on any atom is 0.416 e. The smallest absolute Gasteiger partial charge is 0.416 e. The third-order valence-electron chi connectivity index (χ3n) is 5.36. The Morgan fingerprint density at radius 2 is 1.80 bits per heavy atom. The number of thiazole rings is 1. The number of carboxylic acid groups (broad SMARTS) is 1. The van der Waals surface area contributed by atoms with Crippen molar-refractivity contribution >= 4 is 42.8 Å². The maximum absolute atomic E-state index is 13.1. The van der Waals surface area contributed by atoms with Crippen molar-refractivity contribution in [1.29, 1.82) is 0 Å². The molecular formula is C20H20F3N5O5S2. The lowest BCUT2D eigenvalue weighted by Crippen LogP contribution is -2.58. The van der Waals surface area contributed by atoms with Gasteiger partial charge in [-0.15, -0.1) is 0 Å². The molecule has 1 aliphatic rings. The molecular weight excluding hydrogens is 511 g/mol. The predicted molar refractivity (Wildman–Crippen MR) is 119 cm³/mol. The second-order valence-corrected chi connectivity index (χ2v) is 11.3. The number of carboxylic acids is 1. The minimum absolute atomic E-state index is 0.0925. The summed E-state index contributed by atoms with van der Waals surface area (Å²) in [6, 6.07) is 1.42. The highest BCUT2D eigenvalue weighted by molar-refractivity contribution is 7.89. The molecule has 1 saturated heterocycles. The fraction of sp³-hybridized carbons (Fsp3) is 0.400. The minimum atomic E-state index is -4.63. The number of fused-ring (bicyclic) bond motifs is 1. The third kappa shape index (κ3) is 4.94. The van der Waals surface area contributed by atoms with Crippen LogP contribution in [0.1, 0.15) is 25.2 Å². The number of piperazine rings is 1. The molecule has 3 aromatic rings. The summed E-state index contributed by atoms with van der Waals surface area (Å²) < 4.78 is 66.0. The van der Waals surface area contributed by atoms with Gasteiger partial charge < -0.3 is 15.1 Å². The molecule has 1 aliphatic heterocycles. The van der Waals surface area contributed by atoms with Crippen LogP contribution in [0.25, 0.3) is 10.3 Å². The lowest BCUT2D eigenvalue weighted by Gasteiger charge is -2.38. The van der Waals surface area contributed by atoms with Crippen molar-refractivity contribution in [3.8, 4) is 0 Å². The normalized spacial score (nSPS) is 18.2. The second-order valence-electron chi connectivity index (χ2n) is 8.37. The fourth-order valence-electron chi connectivity index (χ4n) is 3.54. The largest absolute Gasteiger partial charge is 0.480 e. The first kappa shape index (κ1) is 25.2. The molecule has 10 nitrogen and oxygen atoms in total. The zero-order valence-corrected chi connectivity index (χ0v) is 20.0. The number of alkyl halides is 3. The van der Waals surface area contributed by atoms with Crippen molar-refractivity contribution in [3.63, 3.8) is 0 Å². The highest BCUT2D eigenvalue weighted by Gasteiger charge is 2.41. The van der Waals surface area contributed by atoms with Gasteiger partial charge in [-0.2, -0.15) is 22.5 Å². The van der Waals surface area contributed by atoms with Gasteiger partial charge in [-0.1, -0.05) is 11.3 Å². The number of benzene rings is 1. The van der Waals surface area contributed by atoms with E-state index in [1.165, 1.54) is 31.4 Å². The Morgan fingerprint density at radius 1 is 1.14 bits per heavy atom. The molecule has 2 aromatic heterocycles. The Kier molecular flexibility index (Phi) is 6.24. The SMILES string of the molecule is CC(C)(O)c1ncc2sc(N3CCN(S(=O)(=O)c4ccc(C(F)(F)F)cc4)[C@@H](C(=O)O)C3)nc2n1. The van der Waals surface area contributed by atoms with Gasteiger partial charge in [-0.3, -0.25) is 4.79 Å². The van der Waals surface area contributed by atoms with Gasteiger partial charge >= 0.3 is 12.1 Å². The van der Waals surface area contributed by atoms with Gasteiger partial charge in [-0.05, 0) is 38.1 Å². The quantitative estimate of drug-likeness (QED) is 0.508. The summed E-state index contributed by atoms with van der Waals surface area (Å²) in [6.07, 6.45) is -3.14. The van der Waals surface area contributed by atoms with E-state index in [4.69, 9.17) is 0 Å². The molecule has 2 N–H and O–H groups in total. The standard InChI is InChI=1S/C20H20F3N5O5S2/c1-19(2,31)17-24-9-14-15(25-17)26-18(34-14)27-7-8-28(13(10-27)16(29)30)35(32,33)12-5-3-11(4-6-12)20(21,22)23/h3-6,9,13,31H,7-8,10H2,1-2H3,(H,29,30)/t13-/m1/s1. The number of aromatic nitrogens is 3. The summed E-state index contributed by atoms with van der Waals surface area (Å²) in [5.41, 5.74) is -1.99. The monoisotopic (exact) mass is 531 g/mol. The van der Waals surface area contributed by atoms with Crippen LogP contribution in [0.2, 0.25) is 0 Å². The van der Waals surface area contributed by atoms with Crippen LogP contribution in [0.4, 0.5) is 18.3 Å².